The van der Waals surface area contributed by atoms with Gasteiger partial charge in [0.15, 0.2) is 0 Å². The van der Waals surface area contributed by atoms with Crippen molar-refractivity contribution in [3.05, 3.63) is 96.1 Å². The van der Waals surface area contributed by atoms with Crippen LogP contribution in [0, 0.1) is 6.92 Å². The van der Waals surface area contributed by atoms with Crippen LogP contribution in [-0.2, 0) is 0 Å². The number of nitrogens with zero attached hydrogens (tertiary/aromatic N) is 3. The van der Waals surface area contributed by atoms with Gasteiger partial charge < -0.3 is 0 Å². The molecule has 3 aromatic rings. The van der Waals surface area contributed by atoms with Crippen molar-refractivity contribution in [3.8, 4) is 0 Å². The molecule has 0 aromatic heterocycles. The van der Waals surface area contributed by atoms with Crippen LogP contribution in [0.2, 0.25) is 0 Å². The lowest BCUT2D eigenvalue weighted by atomic mass is 10.1. The van der Waals surface area contributed by atoms with Gasteiger partial charge in [0.1, 0.15) is 0 Å². The monoisotopic (exact) mass is 314 g/mol. The fourth-order valence-electron chi connectivity index (χ4n) is 2.08. The third kappa shape index (κ3) is 4.36. The molecular formula is C20H18N4. The maximum Gasteiger partial charge on any atom is 0.201 e. The van der Waals surface area contributed by atoms with Crippen LogP contribution in [0.25, 0.3) is 0 Å². The minimum Gasteiger partial charge on any atom is -0.276 e. The first-order chi connectivity index (χ1) is 11.8. The zero-order chi connectivity index (χ0) is 16.6. The van der Waals surface area contributed by atoms with Crippen LogP contribution >= 0.6 is 0 Å². The number of hydrazone groups is 1. The molecule has 0 amide bonds. The van der Waals surface area contributed by atoms with Crippen LogP contribution in [0.5, 0.6) is 0 Å². The van der Waals surface area contributed by atoms with Gasteiger partial charge in [-0.2, -0.15) is 5.10 Å². The summed E-state index contributed by atoms with van der Waals surface area (Å²) in [6.07, 6.45) is 0. The Labute approximate surface area is 141 Å². The summed E-state index contributed by atoms with van der Waals surface area (Å²) in [5.41, 5.74) is 6.81. The molecule has 118 valence electrons. The number of aryl methyl sites for hydroxylation is 1. The summed E-state index contributed by atoms with van der Waals surface area (Å²) in [4.78, 5) is 0. The molecule has 0 saturated carbocycles. The molecule has 0 spiro atoms. The minimum atomic E-state index is 0.530. The molecule has 0 aliphatic heterocycles. The maximum atomic E-state index is 4.42. The third-order valence-electron chi connectivity index (χ3n) is 3.39. The number of rotatable bonds is 4. The number of hydrogen-bond donors (Lipinski definition) is 1. The predicted octanol–water partition coefficient (Wildman–Crippen LogP) is 5.55. The second kappa shape index (κ2) is 7.83. The molecule has 1 N–H and O–H groups in total. The van der Waals surface area contributed by atoms with E-state index in [9.17, 15) is 0 Å². The highest BCUT2D eigenvalue weighted by Crippen LogP contribution is 2.14. The number of nitrogens with one attached hydrogen (secondary N) is 1. The van der Waals surface area contributed by atoms with E-state index in [-0.39, 0.29) is 0 Å². The van der Waals surface area contributed by atoms with E-state index in [1.54, 1.807) is 0 Å². The van der Waals surface area contributed by atoms with Crippen molar-refractivity contribution in [2.24, 2.45) is 15.3 Å². The lowest BCUT2D eigenvalue weighted by Gasteiger charge is -2.04. The van der Waals surface area contributed by atoms with E-state index >= 15 is 0 Å². The lowest BCUT2D eigenvalue weighted by molar-refractivity contribution is 1.22. The number of anilines is 1. The van der Waals surface area contributed by atoms with Crippen LogP contribution in [0.15, 0.2) is 100 Å². The Kier molecular flexibility index (Phi) is 5.10. The molecule has 3 rings (SSSR count). The van der Waals surface area contributed by atoms with E-state index < -0.39 is 0 Å². The summed E-state index contributed by atoms with van der Waals surface area (Å²) >= 11 is 0. The van der Waals surface area contributed by atoms with Crippen molar-refractivity contribution < 1.29 is 0 Å². The number of hydrogen-bond acceptors (Lipinski definition) is 3. The van der Waals surface area contributed by atoms with E-state index in [4.69, 9.17) is 0 Å². The summed E-state index contributed by atoms with van der Waals surface area (Å²) < 4.78 is 0. The summed E-state index contributed by atoms with van der Waals surface area (Å²) in [5.74, 6) is 0.530. The van der Waals surface area contributed by atoms with E-state index in [1.807, 2.05) is 91.9 Å². The Balaban J connectivity index is 1.88. The van der Waals surface area contributed by atoms with Gasteiger partial charge in [0, 0.05) is 5.56 Å². The van der Waals surface area contributed by atoms with E-state index in [2.05, 4.69) is 20.8 Å². The van der Waals surface area contributed by atoms with E-state index in [0.717, 1.165) is 16.9 Å². The highest BCUT2D eigenvalue weighted by atomic mass is 15.3. The fraction of sp³-hybridized carbons (Fsp3) is 0.0500. The second-order valence-electron chi connectivity index (χ2n) is 5.31. The Morgan fingerprint density at radius 1 is 0.750 bits per heavy atom. The highest BCUT2D eigenvalue weighted by molar-refractivity contribution is 5.99. The topological polar surface area (TPSA) is 49.1 Å². The van der Waals surface area contributed by atoms with E-state index in [1.165, 1.54) is 5.56 Å². The molecule has 0 heterocycles. The summed E-state index contributed by atoms with van der Waals surface area (Å²) in [5, 5.41) is 13.0. The molecule has 0 bridgehead atoms. The maximum absolute atomic E-state index is 4.42. The van der Waals surface area contributed by atoms with Gasteiger partial charge in [0.25, 0.3) is 0 Å². The quantitative estimate of drug-likeness (QED) is 0.292. The number of amidine groups is 1. The van der Waals surface area contributed by atoms with Gasteiger partial charge in [-0.1, -0.05) is 66.2 Å². The van der Waals surface area contributed by atoms with Gasteiger partial charge in [0.2, 0.25) is 5.84 Å². The molecule has 3 aromatic carbocycles. The first kappa shape index (κ1) is 15.6. The predicted molar refractivity (Wildman–Crippen MR) is 98.7 cm³/mol. The molecule has 0 aliphatic carbocycles. The van der Waals surface area contributed by atoms with Gasteiger partial charge in [-0.25, -0.2) is 0 Å². The first-order valence-corrected chi connectivity index (χ1v) is 7.74. The summed E-state index contributed by atoms with van der Waals surface area (Å²) in [6, 6.07) is 27.4. The van der Waals surface area contributed by atoms with Crippen LogP contribution in [0.1, 0.15) is 11.1 Å². The number of para-hydroxylation sites is 1. The average molecular weight is 314 g/mol. The molecule has 24 heavy (non-hydrogen) atoms. The second-order valence-corrected chi connectivity index (χ2v) is 5.31. The van der Waals surface area contributed by atoms with Crippen LogP contribution in [-0.4, -0.2) is 5.84 Å². The van der Waals surface area contributed by atoms with Gasteiger partial charge in [0.05, 0.1) is 11.4 Å². The summed E-state index contributed by atoms with van der Waals surface area (Å²) in [6.45, 7) is 2.05. The normalized spacial score (nSPS) is 11.6. The highest BCUT2D eigenvalue weighted by Gasteiger charge is 2.03. The van der Waals surface area contributed by atoms with Crippen molar-refractivity contribution in [2.45, 2.75) is 6.92 Å². The number of benzene rings is 3. The van der Waals surface area contributed by atoms with Crippen molar-refractivity contribution in [2.75, 3.05) is 5.43 Å². The summed E-state index contributed by atoms with van der Waals surface area (Å²) in [7, 11) is 0. The van der Waals surface area contributed by atoms with Gasteiger partial charge >= 0.3 is 0 Å². The van der Waals surface area contributed by atoms with Crippen molar-refractivity contribution in [3.63, 3.8) is 0 Å². The molecule has 4 nitrogen and oxygen atoms in total. The van der Waals surface area contributed by atoms with Gasteiger partial charge in [-0.3, -0.25) is 5.43 Å². The largest absolute Gasteiger partial charge is 0.276 e. The lowest BCUT2D eigenvalue weighted by Crippen LogP contribution is -2.01. The number of azo groups is 1. The van der Waals surface area contributed by atoms with E-state index in [0.29, 0.717) is 5.84 Å². The smallest absolute Gasteiger partial charge is 0.201 e. The van der Waals surface area contributed by atoms with Gasteiger partial charge in [-0.15, -0.1) is 10.2 Å². The molecular weight excluding hydrogens is 296 g/mol. The Hall–Kier alpha value is -3.27. The minimum absolute atomic E-state index is 0.530. The molecule has 0 atom stereocenters. The SMILES string of the molecule is Cc1ccc(/C(N=Nc2ccccc2)=N/Nc2ccccc2)cc1. The fourth-order valence-corrected chi connectivity index (χ4v) is 2.08. The van der Waals surface area contributed by atoms with Crippen molar-refractivity contribution >= 4 is 17.2 Å². The molecule has 0 unspecified atom stereocenters. The third-order valence-corrected chi connectivity index (χ3v) is 3.39. The Morgan fingerprint density at radius 3 is 2.04 bits per heavy atom. The average Bonchev–Trinajstić information content (AvgIpc) is 2.64. The molecule has 4 heteroatoms. The van der Waals surface area contributed by atoms with Crippen LogP contribution in [0.3, 0.4) is 0 Å². The zero-order valence-corrected chi connectivity index (χ0v) is 13.4. The Morgan fingerprint density at radius 2 is 1.38 bits per heavy atom. The van der Waals surface area contributed by atoms with Crippen molar-refractivity contribution in [1.29, 1.82) is 0 Å². The van der Waals surface area contributed by atoms with Crippen molar-refractivity contribution in [1.82, 2.24) is 0 Å². The molecule has 0 fully saturated rings. The molecule has 0 radical (unpaired) electrons. The zero-order valence-electron chi connectivity index (χ0n) is 13.4. The standard InChI is InChI=1S/C20H18N4/c1-16-12-14-17(15-13-16)20(23-21-18-8-4-2-5-9-18)24-22-19-10-6-3-7-11-19/h2-15,21H,1H3/b23-20-,24-22?. The van der Waals surface area contributed by atoms with Gasteiger partial charge in [-0.05, 0) is 31.2 Å². The Bertz CT molecular complexity index is 823. The first-order valence-electron chi connectivity index (χ1n) is 7.74. The molecule has 0 aliphatic rings. The van der Waals surface area contributed by atoms with Crippen LogP contribution in [0.4, 0.5) is 11.4 Å². The van der Waals surface area contributed by atoms with Crippen LogP contribution < -0.4 is 5.43 Å². The molecule has 0 saturated heterocycles.